The SMILES string of the molecule is CN1C=CC=CC1Cl. The molecule has 1 heterocycles. The lowest BCUT2D eigenvalue weighted by Gasteiger charge is -2.19. The van der Waals surface area contributed by atoms with Crippen LogP contribution in [0.4, 0.5) is 0 Å². The van der Waals surface area contributed by atoms with E-state index in [-0.39, 0.29) is 5.50 Å². The summed E-state index contributed by atoms with van der Waals surface area (Å²) >= 11 is 5.75. The second kappa shape index (κ2) is 2.23. The molecule has 2 heteroatoms. The molecule has 0 radical (unpaired) electrons. The molecule has 8 heavy (non-hydrogen) atoms. The number of rotatable bonds is 0. The Morgan fingerprint density at radius 2 is 2.25 bits per heavy atom. The molecule has 0 bridgehead atoms. The molecule has 0 saturated heterocycles. The predicted octanol–water partition coefficient (Wildman–Crippen LogP) is 1.57. The first-order chi connectivity index (χ1) is 3.80. The first-order valence-electron chi connectivity index (χ1n) is 2.52. The highest BCUT2D eigenvalue weighted by Gasteiger charge is 2.03. The van der Waals surface area contributed by atoms with Crippen LogP contribution in [0.1, 0.15) is 0 Å². The first-order valence-corrected chi connectivity index (χ1v) is 2.95. The zero-order valence-corrected chi connectivity index (χ0v) is 5.47. The Morgan fingerprint density at radius 1 is 1.50 bits per heavy atom. The summed E-state index contributed by atoms with van der Waals surface area (Å²) < 4.78 is 0. The van der Waals surface area contributed by atoms with E-state index in [4.69, 9.17) is 11.6 Å². The van der Waals surface area contributed by atoms with Gasteiger partial charge in [0, 0.05) is 13.2 Å². The van der Waals surface area contributed by atoms with E-state index in [1.54, 1.807) is 0 Å². The third-order valence-electron chi connectivity index (χ3n) is 1.09. The highest BCUT2D eigenvalue weighted by atomic mass is 35.5. The van der Waals surface area contributed by atoms with E-state index in [1.807, 2.05) is 36.4 Å². The molecule has 1 aliphatic heterocycles. The van der Waals surface area contributed by atoms with Crippen LogP contribution in [-0.2, 0) is 0 Å². The van der Waals surface area contributed by atoms with Crippen molar-refractivity contribution in [2.24, 2.45) is 0 Å². The van der Waals surface area contributed by atoms with E-state index in [0.717, 1.165) is 0 Å². The van der Waals surface area contributed by atoms with Crippen molar-refractivity contribution in [3.63, 3.8) is 0 Å². The highest BCUT2D eigenvalue weighted by molar-refractivity contribution is 6.21. The van der Waals surface area contributed by atoms with E-state index < -0.39 is 0 Å². The van der Waals surface area contributed by atoms with Gasteiger partial charge in [-0.3, -0.25) is 0 Å². The molecule has 1 atom stereocenters. The van der Waals surface area contributed by atoms with Gasteiger partial charge in [-0.2, -0.15) is 0 Å². The lowest BCUT2D eigenvalue weighted by atomic mass is 10.4. The van der Waals surface area contributed by atoms with Gasteiger partial charge in [0.1, 0.15) is 5.50 Å². The zero-order chi connectivity index (χ0) is 5.98. The highest BCUT2D eigenvalue weighted by Crippen LogP contribution is 2.07. The van der Waals surface area contributed by atoms with Crippen molar-refractivity contribution < 1.29 is 0 Å². The smallest absolute Gasteiger partial charge is 0.122 e. The number of allylic oxidation sites excluding steroid dienone is 2. The van der Waals surface area contributed by atoms with Gasteiger partial charge in [0.25, 0.3) is 0 Å². The monoisotopic (exact) mass is 129 g/mol. The normalized spacial score (nSPS) is 26.8. The van der Waals surface area contributed by atoms with Crippen molar-refractivity contribution in [3.8, 4) is 0 Å². The molecule has 0 fully saturated rings. The number of alkyl halides is 1. The van der Waals surface area contributed by atoms with E-state index in [9.17, 15) is 0 Å². The molecule has 1 aliphatic rings. The second-order valence-corrected chi connectivity index (χ2v) is 2.21. The van der Waals surface area contributed by atoms with Crippen molar-refractivity contribution in [2.45, 2.75) is 5.50 Å². The summed E-state index contributed by atoms with van der Waals surface area (Å²) in [5, 5.41) is 0. The predicted molar refractivity (Wildman–Crippen MR) is 35.7 cm³/mol. The molecular formula is C6H8ClN. The van der Waals surface area contributed by atoms with Crippen LogP contribution in [0.5, 0.6) is 0 Å². The Balaban J connectivity index is 2.59. The van der Waals surface area contributed by atoms with Crippen LogP contribution in [0, 0.1) is 0 Å². The van der Waals surface area contributed by atoms with Gasteiger partial charge in [0.15, 0.2) is 0 Å². The fraction of sp³-hybridized carbons (Fsp3) is 0.333. The number of hydrogen-bond donors (Lipinski definition) is 0. The topological polar surface area (TPSA) is 3.24 Å². The Hall–Kier alpha value is -0.430. The second-order valence-electron chi connectivity index (χ2n) is 1.76. The summed E-state index contributed by atoms with van der Waals surface area (Å²) in [5.41, 5.74) is 0.0417. The maximum atomic E-state index is 5.75. The summed E-state index contributed by atoms with van der Waals surface area (Å²) in [7, 11) is 1.94. The molecule has 0 amide bonds. The van der Waals surface area contributed by atoms with Crippen molar-refractivity contribution in [2.75, 3.05) is 7.05 Å². The molecule has 1 unspecified atom stereocenters. The van der Waals surface area contributed by atoms with Crippen molar-refractivity contribution >= 4 is 11.6 Å². The lowest BCUT2D eigenvalue weighted by molar-refractivity contribution is 0.467. The average molecular weight is 130 g/mol. The van der Waals surface area contributed by atoms with Gasteiger partial charge in [-0.1, -0.05) is 17.7 Å². The van der Waals surface area contributed by atoms with E-state index in [0.29, 0.717) is 0 Å². The van der Waals surface area contributed by atoms with Gasteiger partial charge >= 0.3 is 0 Å². The van der Waals surface area contributed by atoms with Gasteiger partial charge in [-0.25, -0.2) is 0 Å². The van der Waals surface area contributed by atoms with E-state index >= 15 is 0 Å². The molecule has 0 N–H and O–H groups in total. The Bertz CT molecular complexity index is 112. The van der Waals surface area contributed by atoms with Gasteiger partial charge in [0.2, 0.25) is 0 Å². The van der Waals surface area contributed by atoms with E-state index in [2.05, 4.69) is 0 Å². The summed E-state index contributed by atoms with van der Waals surface area (Å²) in [6.07, 6.45) is 7.77. The average Bonchev–Trinajstić information content (AvgIpc) is 1.77. The van der Waals surface area contributed by atoms with Crippen molar-refractivity contribution in [1.82, 2.24) is 4.90 Å². The quantitative estimate of drug-likeness (QED) is 0.355. The van der Waals surface area contributed by atoms with Gasteiger partial charge in [0.05, 0.1) is 0 Å². The number of likely N-dealkylation sites (N-methyl/N-ethyl adjacent to an activating group) is 1. The first kappa shape index (κ1) is 5.70. The lowest BCUT2D eigenvalue weighted by Crippen LogP contribution is -2.20. The Kier molecular flexibility index (Phi) is 1.59. The number of hydrogen-bond acceptors (Lipinski definition) is 1. The fourth-order valence-electron chi connectivity index (χ4n) is 0.559. The maximum Gasteiger partial charge on any atom is 0.122 e. The van der Waals surface area contributed by atoms with Crippen LogP contribution < -0.4 is 0 Å². The van der Waals surface area contributed by atoms with Crippen LogP contribution >= 0.6 is 11.6 Å². The molecular weight excluding hydrogens is 122 g/mol. The standard InChI is InChI=1S/C6H8ClN/c1-8-5-3-2-4-6(8)7/h2-6H,1H3. The summed E-state index contributed by atoms with van der Waals surface area (Å²) in [6, 6.07) is 0. The molecule has 1 nitrogen and oxygen atoms in total. The van der Waals surface area contributed by atoms with Crippen molar-refractivity contribution in [3.05, 3.63) is 24.4 Å². The van der Waals surface area contributed by atoms with Crippen LogP contribution in [-0.4, -0.2) is 17.4 Å². The summed E-state index contributed by atoms with van der Waals surface area (Å²) in [5.74, 6) is 0. The van der Waals surface area contributed by atoms with E-state index in [1.165, 1.54) is 0 Å². The largest absolute Gasteiger partial charge is 0.361 e. The fourth-order valence-corrected chi connectivity index (χ4v) is 0.708. The minimum Gasteiger partial charge on any atom is -0.361 e. The minimum absolute atomic E-state index is 0.0417. The molecule has 0 aromatic rings. The minimum atomic E-state index is 0.0417. The van der Waals surface area contributed by atoms with Crippen LogP contribution in [0.25, 0.3) is 0 Å². The summed E-state index contributed by atoms with van der Waals surface area (Å²) in [6.45, 7) is 0. The van der Waals surface area contributed by atoms with Gasteiger partial charge in [-0.15, -0.1) is 0 Å². The van der Waals surface area contributed by atoms with Gasteiger partial charge < -0.3 is 4.90 Å². The Morgan fingerprint density at radius 3 is 2.62 bits per heavy atom. The molecule has 0 spiro atoms. The summed E-state index contributed by atoms with van der Waals surface area (Å²) in [4.78, 5) is 1.93. The molecule has 0 aromatic heterocycles. The third-order valence-corrected chi connectivity index (χ3v) is 1.54. The van der Waals surface area contributed by atoms with Crippen LogP contribution in [0.2, 0.25) is 0 Å². The zero-order valence-electron chi connectivity index (χ0n) is 4.71. The number of halogens is 1. The molecule has 0 aromatic carbocycles. The van der Waals surface area contributed by atoms with Crippen molar-refractivity contribution in [1.29, 1.82) is 0 Å². The molecule has 1 rings (SSSR count). The van der Waals surface area contributed by atoms with Crippen LogP contribution in [0.15, 0.2) is 24.4 Å². The maximum absolute atomic E-state index is 5.75. The molecule has 0 saturated carbocycles. The molecule has 44 valence electrons. The Labute approximate surface area is 54.2 Å². The molecule has 0 aliphatic carbocycles. The number of nitrogens with zero attached hydrogens (tertiary/aromatic N) is 1. The van der Waals surface area contributed by atoms with Gasteiger partial charge in [-0.05, 0) is 12.2 Å². The third kappa shape index (κ3) is 1.04. The van der Waals surface area contributed by atoms with Crippen LogP contribution in [0.3, 0.4) is 0 Å².